The summed E-state index contributed by atoms with van der Waals surface area (Å²) in [6, 6.07) is 10.9. The number of carboxylic acid groups (broad SMARTS) is 1. The van der Waals surface area contributed by atoms with E-state index in [4.69, 9.17) is 34.2 Å². The number of hydrogen-bond acceptors (Lipinski definition) is 28. The minimum atomic E-state index is -2.42. The van der Waals surface area contributed by atoms with Crippen LogP contribution in [0.3, 0.4) is 0 Å². The van der Waals surface area contributed by atoms with Crippen LogP contribution in [0.1, 0.15) is 156 Å². The van der Waals surface area contributed by atoms with Gasteiger partial charge in [0.15, 0.2) is 5.82 Å². The van der Waals surface area contributed by atoms with Crippen molar-refractivity contribution >= 4 is 76.9 Å². The molecule has 1 unspecified atom stereocenters. The molecule has 3 heterocycles. The third-order valence-corrected chi connectivity index (χ3v) is 22.8. The van der Waals surface area contributed by atoms with Gasteiger partial charge in [-0.15, -0.1) is 21.2 Å². The molecule has 1 aliphatic rings. The topological polar surface area (TPSA) is 630 Å². The maximum Gasteiger partial charge on any atom is 0.305 e. The number of aliphatic hydroxyl groups excluding tert-OH is 3. The van der Waals surface area contributed by atoms with Crippen molar-refractivity contribution in [3.8, 4) is 28.7 Å². The molecule has 0 spiro atoms. The fourth-order valence-corrected chi connectivity index (χ4v) is 14.9. The molecule has 766 valence electrons. The number of aryl methyl sites for hydroxylation is 5. The zero-order valence-electron chi connectivity index (χ0n) is 80.6. The van der Waals surface area contributed by atoms with Gasteiger partial charge in [0.1, 0.15) is 83.2 Å². The standard InChI is InChI=1S/C96H132FN21O23/c1-9-65-48-71(140-36-18-17-35-118-54-69(112-117-118)56-139-43-42-138-41-40-137-39-38-136-37-34-100-81(123)57-141-70-22-13-11-10-12-14-23-70)30-31-72(65)66-28-26-63(27-29-66)47-75(87(128)104-74(85(98)126)25-19-20-64-45-59(2)44-60(3)46-64)105-88(129)77(50-82(124)125)106-89(130)78(55-119)107-90(131)83(61(4)120)110-94(135)96(8,51-67-21-15-16-24-73(67)97)111-91(132)84(62(5)121)109-80(122)53-102-86(127)76(49-79-113-115-116-114-79)108-93(134)95(6,7)92(133)101-33-32-68-52-99-58-103-68/h15-16,21,24,26-31,44-46,48,52,54,58,61-62,70,74-78,83-84,119-121H,9-13,17-20,22,25,32-43,47,49-51,53,55-57H2,1-8H3,(H2,98,126)(H,99,103)(H,100,123)(H,101,133)(H,102,127)(H,104,128)(H,105,129)(H,106,130)(H,107,131)(H,108,134)(H,109,122)(H,110,135)(H,111,132)(H,124,125)(H,113,114,115,116)/t61-,62-,70?,74+,75+,76+,77+,78+,83+,84+,96+/m1/s1. The number of nitrogens with zero attached hydrogens (tertiary/aromatic N) is 7. The lowest BCUT2D eigenvalue weighted by molar-refractivity contribution is -0.143. The van der Waals surface area contributed by atoms with Crippen molar-refractivity contribution in [2.45, 2.75) is 237 Å². The largest absolute Gasteiger partial charge is 0.494 e. The van der Waals surface area contributed by atoms with Gasteiger partial charge in [-0.05, 0) is 158 Å². The average molecular weight is 1970 g/mol. The van der Waals surface area contributed by atoms with Crippen molar-refractivity contribution < 1.29 is 116 Å². The second kappa shape index (κ2) is 58.4. The molecule has 8 rings (SSSR count). The summed E-state index contributed by atoms with van der Waals surface area (Å²) in [4.78, 5) is 186. The Labute approximate surface area is 815 Å². The summed E-state index contributed by atoms with van der Waals surface area (Å²) >= 11 is 0. The lowest BCUT2D eigenvalue weighted by Gasteiger charge is -2.34. The highest BCUT2D eigenvalue weighted by Crippen LogP contribution is 2.30. The van der Waals surface area contributed by atoms with Gasteiger partial charge in [-0.2, -0.15) is 5.21 Å². The minimum Gasteiger partial charge on any atom is -0.494 e. The molecule has 0 fully saturated rings. The molecule has 11 atom stereocenters. The summed E-state index contributed by atoms with van der Waals surface area (Å²) in [5, 5.41) is 91.5. The molecule has 0 aliphatic heterocycles. The van der Waals surface area contributed by atoms with Crippen LogP contribution in [0.4, 0.5) is 4.39 Å². The summed E-state index contributed by atoms with van der Waals surface area (Å²) < 4.78 is 51.7. The Bertz CT molecular complexity index is 5290. The van der Waals surface area contributed by atoms with Gasteiger partial charge in [-0.1, -0.05) is 108 Å². The number of unbranched alkanes of at least 4 members (excludes halogenated alkanes) is 1. The Hall–Kier alpha value is -13.6. The number of aromatic amines is 2. The SMILES string of the molecule is CCc1cc(OCCCCn2cc(COCCOCCOCCOCCNC(=O)COC3C#CCCCCC3)nn2)ccc1-c1ccc(C[C@H](NC(=O)[C@H](CC(=O)O)NC(=O)[C@H](CO)NC(=O)[C@@H](NC(=O)[C@](C)(Cc2ccccc2F)NC(=O)[C@@H](NC(=O)CNC(=O)[C@H](Cc2nn[nH]n2)NC(=O)C(C)(C)C(=O)NCCc2cnc[nH]2)[C@@H](C)O)[C@@H](C)O)C(=O)N[C@@H](CCCc2cc(C)cc(C)c2)C(N)=O)cc1. The van der Waals surface area contributed by atoms with E-state index in [2.05, 4.69) is 111 Å². The minimum absolute atomic E-state index is 0.0311. The number of imidazole rings is 1. The van der Waals surface area contributed by atoms with Gasteiger partial charge in [0.25, 0.3) is 0 Å². The van der Waals surface area contributed by atoms with E-state index in [0.717, 1.165) is 98.7 Å². The Morgan fingerprint density at radius 3 is 1.96 bits per heavy atom. The van der Waals surface area contributed by atoms with E-state index in [-0.39, 0.29) is 56.0 Å². The summed E-state index contributed by atoms with van der Waals surface area (Å²) in [5.41, 5.74) is 8.88. The number of carbonyl (C=O) groups is 13. The van der Waals surface area contributed by atoms with Crippen molar-refractivity contribution in [3.05, 3.63) is 160 Å². The number of H-pyrrole nitrogens is 2. The van der Waals surface area contributed by atoms with Gasteiger partial charge in [0, 0.05) is 63.6 Å². The van der Waals surface area contributed by atoms with Gasteiger partial charge in [-0.25, -0.2) is 9.37 Å². The number of nitrogens with two attached hydrogens (primary N) is 1. The molecule has 7 aromatic rings. The number of halogens is 1. The molecule has 1 aliphatic carbocycles. The first-order valence-corrected chi connectivity index (χ1v) is 46.9. The number of tetrazole rings is 1. The van der Waals surface area contributed by atoms with Crippen molar-refractivity contribution in [2.24, 2.45) is 11.1 Å². The number of rotatable bonds is 63. The number of ether oxygens (including phenoxy) is 6. The van der Waals surface area contributed by atoms with Gasteiger partial charge in [-0.3, -0.25) is 67.0 Å². The molecular weight excluding hydrogens is 1830 g/mol. The van der Waals surface area contributed by atoms with Gasteiger partial charge < -0.3 is 118 Å². The fourth-order valence-electron chi connectivity index (χ4n) is 14.9. The van der Waals surface area contributed by atoms with Crippen LogP contribution in [-0.4, -0.2) is 295 Å². The van der Waals surface area contributed by atoms with E-state index >= 15 is 4.39 Å². The average Bonchev–Trinajstić information content (AvgIpc) is 1.19. The number of nitrogens with one attached hydrogen (secondary N) is 13. The zero-order chi connectivity index (χ0) is 102. The summed E-state index contributed by atoms with van der Waals surface area (Å²) in [6.07, 6.45) is 6.58. The van der Waals surface area contributed by atoms with Crippen molar-refractivity contribution in [1.82, 2.24) is 104 Å². The third kappa shape index (κ3) is 38.8. The lowest BCUT2D eigenvalue weighted by Crippen LogP contribution is -2.67. The van der Waals surface area contributed by atoms with Gasteiger partial charge in [0.2, 0.25) is 70.9 Å². The van der Waals surface area contributed by atoms with E-state index in [1.807, 2.05) is 63.4 Å². The van der Waals surface area contributed by atoms with E-state index in [1.54, 1.807) is 35.1 Å². The first-order valence-electron chi connectivity index (χ1n) is 46.9. The van der Waals surface area contributed by atoms with E-state index in [9.17, 15) is 82.8 Å². The predicted molar refractivity (Wildman–Crippen MR) is 506 cm³/mol. The predicted octanol–water partition coefficient (Wildman–Crippen LogP) is -0.0714. The molecule has 45 heteroatoms. The normalized spacial score (nSPS) is 14.9. The number of benzene rings is 4. The number of carbonyl (C=O) groups excluding carboxylic acids is 12. The molecule has 19 N–H and O–H groups in total. The molecule has 0 saturated carbocycles. The number of aliphatic hydroxyl groups is 3. The van der Waals surface area contributed by atoms with Gasteiger partial charge in [0.05, 0.1) is 104 Å². The Morgan fingerprint density at radius 1 is 0.631 bits per heavy atom. The first kappa shape index (κ1) is 113. The maximum absolute atomic E-state index is 15.6. The van der Waals surface area contributed by atoms with Crippen LogP contribution in [0.15, 0.2) is 104 Å². The first-order chi connectivity index (χ1) is 67.5. The number of carboxylic acids is 1. The maximum atomic E-state index is 15.6. The summed E-state index contributed by atoms with van der Waals surface area (Å²) in [7, 11) is 0. The molecule has 141 heavy (non-hydrogen) atoms. The Kier molecular flexibility index (Phi) is 46.7. The number of aliphatic carboxylic acids is 1. The molecular formula is C96H132FN21O23. The monoisotopic (exact) mass is 1970 g/mol. The number of aromatic nitrogens is 9. The quantitative estimate of drug-likeness (QED) is 0.0135. The van der Waals surface area contributed by atoms with Crippen molar-refractivity contribution in [3.63, 3.8) is 0 Å². The molecule has 0 bridgehead atoms. The van der Waals surface area contributed by atoms with E-state index < -0.39 is 175 Å². The third-order valence-electron chi connectivity index (χ3n) is 22.8. The molecule has 12 amide bonds. The number of amides is 12. The van der Waals surface area contributed by atoms with E-state index in [1.165, 1.54) is 38.4 Å². The van der Waals surface area contributed by atoms with Crippen LogP contribution in [0, 0.1) is 36.9 Å². The Balaban J connectivity index is 0.848. The lowest BCUT2D eigenvalue weighted by atomic mass is 9.90. The van der Waals surface area contributed by atoms with Crippen molar-refractivity contribution in [1.29, 1.82) is 0 Å². The van der Waals surface area contributed by atoms with Crippen LogP contribution in [-0.2, 0) is 138 Å². The zero-order valence-corrected chi connectivity index (χ0v) is 80.6. The van der Waals surface area contributed by atoms with E-state index in [0.29, 0.717) is 121 Å². The second-order valence-corrected chi connectivity index (χ2v) is 34.9. The van der Waals surface area contributed by atoms with Crippen LogP contribution in [0.25, 0.3) is 11.1 Å². The highest BCUT2D eigenvalue weighted by Gasteiger charge is 2.44. The molecule has 44 nitrogen and oxygen atoms in total. The van der Waals surface area contributed by atoms with Crippen LogP contribution >= 0.6 is 0 Å². The molecule has 4 aromatic carbocycles. The summed E-state index contributed by atoms with van der Waals surface area (Å²) in [6.45, 7) is 13.7. The highest BCUT2D eigenvalue weighted by molar-refractivity contribution is 6.06. The molecule has 0 saturated heterocycles. The molecule has 0 radical (unpaired) electrons. The van der Waals surface area contributed by atoms with Crippen LogP contribution in [0.2, 0.25) is 0 Å². The van der Waals surface area contributed by atoms with Crippen LogP contribution < -0.4 is 69.0 Å². The fraction of sp³-hybridized carbons (Fsp3) is 0.531. The van der Waals surface area contributed by atoms with Crippen molar-refractivity contribution in [2.75, 3.05) is 85.7 Å². The van der Waals surface area contributed by atoms with Gasteiger partial charge >= 0.3 is 5.97 Å². The summed E-state index contributed by atoms with van der Waals surface area (Å²) in [5.74, 6) is -8.37. The number of hydrogen-bond donors (Lipinski definition) is 18. The highest BCUT2D eigenvalue weighted by atomic mass is 19.1. The second-order valence-electron chi connectivity index (χ2n) is 34.9. The smallest absolute Gasteiger partial charge is 0.305 e. The number of primary amides is 1. The Morgan fingerprint density at radius 2 is 1.30 bits per heavy atom. The van der Waals surface area contributed by atoms with Crippen LogP contribution in [0.5, 0.6) is 5.75 Å². The molecule has 3 aromatic heterocycles.